The molecule has 1 aromatic carbocycles. The predicted octanol–water partition coefficient (Wildman–Crippen LogP) is 2.94. The van der Waals surface area contributed by atoms with E-state index in [2.05, 4.69) is 48.3 Å². The van der Waals surface area contributed by atoms with Gasteiger partial charge in [0.1, 0.15) is 0 Å². The number of nitrogens with one attached hydrogen (secondary N) is 1. The molecule has 21 heavy (non-hydrogen) atoms. The third kappa shape index (κ3) is 3.47. The molecule has 3 nitrogen and oxygen atoms in total. The summed E-state index contributed by atoms with van der Waals surface area (Å²) in [4.78, 5) is 2.68. The lowest BCUT2D eigenvalue weighted by Crippen LogP contribution is -2.51. The minimum Gasteiger partial charge on any atom is -0.381 e. The molecule has 1 atom stereocenters. The van der Waals surface area contributed by atoms with E-state index < -0.39 is 0 Å². The maximum atomic E-state index is 5.51. The Morgan fingerprint density at radius 1 is 1.19 bits per heavy atom. The van der Waals surface area contributed by atoms with Crippen molar-refractivity contribution in [3.63, 3.8) is 0 Å². The van der Waals surface area contributed by atoms with Crippen molar-refractivity contribution in [2.75, 3.05) is 32.8 Å². The Labute approximate surface area is 128 Å². The third-order valence-corrected chi connectivity index (χ3v) is 4.91. The largest absolute Gasteiger partial charge is 0.381 e. The van der Waals surface area contributed by atoms with Crippen molar-refractivity contribution >= 4 is 0 Å². The zero-order valence-electron chi connectivity index (χ0n) is 13.3. The van der Waals surface area contributed by atoms with Gasteiger partial charge in [0, 0.05) is 44.9 Å². The first-order valence-corrected chi connectivity index (χ1v) is 8.39. The highest BCUT2D eigenvalue weighted by Gasteiger charge is 2.28. The van der Waals surface area contributed by atoms with Gasteiger partial charge in [0.15, 0.2) is 0 Å². The lowest BCUT2D eigenvalue weighted by Gasteiger charge is -2.41. The molecule has 2 aliphatic heterocycles. The van der Waals surface area contributed by atoms with Crippen LogP contribution in [0.4, 0.5) is 0 Å². The number of ether oxygens (including phenoxy) is 1. The average molecular weight is 288 g/mol. The summed E-state index contributed by atoms with van der Waals surface area (Å²) < 4.78 is 5.51. The predicted molar refractivity (Wildman–Crippen MR) is 86.7 cm³/mol. The van der Waals surface area contributed by atoms with Gasteiger partial charge in [-0.3, -0.25) is 4.90 Å². The van der Waals surface area contributed by atoms with E-state index in [1.165, 1.54) is 30.5 Å². The van der Waals surface area contributed by atoms with Gasteiger partial charge in [-0.25, -0.2) is 0 Å². The minimum atomic E-state index is 0.472. The van der Waals surface area contributed by atoms with Gasteiger partial charge in [0.05, 0.1) is 0 Å². The van der Waals surface area contributed by atoms with Crippen LogP contribution in [-0.4, -0.2) is 43.8 Å². The van der Waals surface area contributed by atoms with Crippen molar-refractivity contribution < 1.29 is 4.74 Å². The molecular formula is C18H28N2O. The summed E-state index contributed by atoms with van der Waals surface area (Å²) in [6.07, 6.45) is 2.39. The molecule has 116 valence electrons. The van der Waals surface area contributed by atoms with E-state index in [4.69, 9.17) is 4.74 Å². The van der Waals surface area contributed by atoms with E-state index >= 15 is 0 Å². The zero-order chi connectivity index (χ0) is 14.7. The van der Waals surface area contributed by atoms with E-state index in [0.29, 0.717) is 12.0 Å². The van der Waals surface area contributed by atoms with Crippen LogP contribution in [0.25, 0.3) is 0 Å². The Morgan fingerprint density at radius 2 is 1.95 bits per heavy atom. The molecule has 0 spiro atoms. The van der Waals surface area contributed by atoms with Gasteiger partial charge in [-0.15, -0.1) is 0 Å². The summed E-state index contributed by atoms with van der Waals surface area (Å²) in [5.74, 6) is 0.585. The molecule has 0 amide bonds. The molecule has 1 N–H and O–H groups in total. The van der Waals surface area contributed by atoms with Crippen LogP contribution in [0.5, 0.6) is 0 Å². The molecule has 1 aromatic rings. The maximum absolute atomic E-state index is 5.51. The minimum absolute atomic E-state index is 0.472. The Kier molecular flexibility index (Phi) is 4.94. The highest BCUT2D eigenvalue weighted by Crippen LogP contribution is 2.28. The number of benzene rings is 1. The van der Waals surface area contributed by atoms with E-state index in [1.807, 2.05) is 0 Å². The van der Waals surface area contributed by atoms with E-state index in [0.717, 1.165) is 32.3 Å². The lowest BCUT2D eigenvalue weighted by molar-refractivity contribution is 0.0233. The highest BCUT2D eigenvalue weighted by atomic mass is 16.5. The summed E-state index contributed by atoms with van der Waals surface area (Å²) in [7, 11) is 0. The highest BCUT2D eigenvalue weighted by molar-refractivity contribution is 5.33. The summed E-state index contributed by atoms with van der Waals surface area (Å²) in [6.45, 7) is 9.84. The number of nitrogens with zero attached hydrogens (tertiary/aromatic N) is 1. The first-order chi connectivity index (χ1) is 10.3. The topological polar surface area (TPSA) is 24.5 Å². The van der Waals surface area contributed by atoms with Gasteiger partial charge in [0.25, 0.3) is 0 Å². The van der Waals surface area contributed by atoms with Gasteiger partial charge in [-0.2, -0.15) is 0 Å². The second-order valence-electron chi connectivity index (χ2n) is 6.63. The van der Waals surface area contributed by atoms with Crippen LogP contribution in [0.1, 0.15) is 49.8 Å². The smallest absolute Gasteiger partial charge is 0.0480 e. The van der Waals surface area contributed by atoms with Crippen LogP contribution in [0.2, 0.25) is 0 Å². The van der Waals surface area contributed by atoms with Crippen molar-refractivity contribution in [1.82, 2.24) is 10.2 Å². The first kappa shape index (κ1) is 15.0. The normalized spacial score (nSPS) is 25.4. The van der Waals surface area contributed by atoms with Gasteiger partial charge in [0.2, 0.25) is 0 Å². The SMILES string of the molecule is CC(C)c1ccccc1C1CN(C2CCOCC2)CCN1. The molecule has 0 saturated carbocycles. The monoisotopic (exact) mass is 288 g/mol. The van der Waals surface area contributed by atoms with E-state index in [1.54, 1.807) is 0 Å². The van der Waals surface area contributed by atoms with Crippen LogP contribution in [-0.2, 0) is 4.74 Å². The lowest BCUT2D eigenvalue weighted by atomic mass is 9.91. The van der Waals surface area contributed by atoms with Crippen LogP contribution >= 0.6 is 0 Å². The summed E-state index contributed by atoms with van der Waals surface area (Å²) in [5.41, 5.74) is 2.98. The second-order valence-corrected chi connectivity index (χ2v) is 6.63. The molecule has 2 aliphatic rings. The molecule has 0 aromatic heterocycles. The van der Waals surface area contributed by atoms with Crippen molar-refractivity contribution in [2.45, 2.75) is 44.7 Å². The summed E-state index contributed by atoms with van der Waals surface area (Å²) in [5, 5.41) is 3.73. The summed E-state index contributed by atoms with van der Waals surface area (Å²) in [6, 6.07) is 10.1. The first-order valence-electron chi connectivity index (χ1n) is 8.39. The van der Waals surface area contributed by atoms with Crippen LogP contribution in [0, 0.1) is 0 Å². The number of piperazine rings is 1. The van der Waals surface area contributed by atoms with Crippen molar-refractivity contribution in [1.29, 1.82) is 0 Å². The molecular weight excluding hydrogens is 260 g/mol. The quantitative estimate of drug-likeness (QED) is 0.925. The van der Waals surface area contributed by atoms with Crippen LogP contribution < -0.4 is 5.32 Å². The molecule has 3 heteroatoms. The molecule has 0 radical (unpaired) electrons. The van der Waals surface area contributed by atoms with Gasteiger partial charge < -0.3 is 10.1 Å². The molecule has 2 saturated heterocycles. The fourth-order valence-electron chi connectivity index (χ4n) is 3.72. The Balaban J connectivity index is 1.73. The maximum Gasteiger partial charge on any atom is 0.0480 e. The fraction of sp³-hybridized carbons (Fsp3) is 0.667. The van der Waals surface area contributed by atoms with Crippen LogP contribution in [0.3, 0.4) is 0 Å². The van der Waals surface area contributed by atoms with Gasteiger partial charge in [-0.05, 0) is 29.9 Å². The second kappa shape index (κ2) is 6.91. The standard InChI is InChI=1S/C18H28N2O/c1-14(2)16-5-3-4-6-17(16)18-13-20(10-9-19-18)15-7-11-21-12-8-15/h3-6,14-15,18-19H,7-13H2,1-2H3. The molecule has 2 heterocycles. The molecule has 0 bridgehead atoms. The number of hydrogen-bond acceptors (Lipinski definition) is 3. The number of rotatable bonds is 3. The average Bonchev–Trinajstić information content (AvgIpc) is 2.56. The summed E-state index contributed by atoms with van der Waals surface area (Å²) >= 11 is 0. The van der Waals surface area contributed by atoms with E-state index in [9.17, 15) is 0 Å². The third-order valence-electron chi connectivity index (χ3n) is 4.91. The fourth-order valence-corrected chi connectivity index (χ4v) is 3.72. The van der Waals surface area contributed by atoms with Gasteiger partial charge in [-0.1, -0.05) is 38.1 Å². The van der Waals surface area contributed by atoms with Crippen molar-refractivity contribution in [2.24, 2.45) is 0 Å². The number of hydrogen-bond donors (Lipinski definition) is 1. The molecule has 3 rings (SSSR count). The van der Waals surface area contributed by atoms with Crippen LogP contribution in [0.15, 0.2) is 24.3 Å². The molecule has 2 fully saturated rings. The Morgan fingerprint density at radius 3 is 2.71 bits per heavy atom. The Bertz CT molecular complexity index is 454. The zero-order valence-corrected chi connectivity index (χ0v) is 13.3. The molecule has 0 aliphatic carbocycles. The van der Waals surface area contributed by atoms with Gasteiger partial charge >= 0.3 is 0 Å². The van der Waals surface area contributed by atoms with Crippen molar-refractivity contribution in [3.8, 4) is 0 Å². The van der Waals surface area contributed by atoms with Crippen molar-refractivity contribution in [3.05, 3.63) is 35.4 Å². The molecule has 1 unspecified atom stereocenters. The van der Waals surface area contributed by atoms with E-state index in [-0.39, 0.29) is 0 Å². The Hall–Kier alpha value is -0.900.